The van der Waals surface area contributed by atoms with Crippen LogP contribution in [0.3, 0.4) is 0 Å². The summed E-state index contributed by atoms with van der Waals surface area (Å²) >= 11 is 3.10. The largest absolute Gasteiger partial charge is 0.378 e. The van der Waals surface area contributed by atoms with Crippen LogP contribution in [0.2, 0.25) is 0 Å². The van der Waals surface area contributed by atoms with Crippen molar-refractivity contribution < 1.29 is 19.1 Å². The van der Waals surface area contributed by atoms with Crippen molar-refractivity contribution in [3.8, 4) is 0 Å². The molecule has 11 heteroatoms. The first-order valence-corrected chi connectivity index (χ1v) is 13.5. The molecule has 0 saturated carbocycles. The first-order chi connectivity index (χ1) is 16.7. The molecule has 0 bridgehead atoms. The van der Waals surface area contributed by atoms with E-state index in [0.29, 0.717) is 49.0 Å². The van der Waals surface area contributed by atoms with Gasteiger partial charge in [0.25, 0.3) is 11.8 Å². The lowest BCUT2D eigenvalue weighted by Gasteiger charge is -2.30. The van der Waals surface area contributed by atoms with E-state index in [-0.39, 0.29) is 11.8 Å². The highest BCUT2D eigenvalue weighted by atomic mass is 32.1. The van der Waals surface area contributed by atoms with Crippen molar-refractivity contribution >= 4 is 55.9 Å². The maximum Gasteiger partial charge on any atom is 0.264 e. The number of imide groups is 1. The third-order valence-electron chi connectivity index (χ3n) is 6.36. The highest BCUT2D eigenvalue weighted by Crippen LogP contribution is 2.43. The van der Waals surface area contributed by atoms with Gasteiger partial charge in [0.05, 0.1) is 49.0 Å². The third kappa shape index (κ3) is 4.39. The fourth-order valence-corrected chi connectivity index (χ4v) is 6.52. The summed E-state index contributed by atoms with van der Waals surface area (Å²) in [5.41, 5.74) is 1.21. The molecule has 0 atom stereocenters. The van der Waals surface area contributed by atoms with Gasteiger partial charge in [0, 0.05) is 41.5 Å². The molecule has 0 radical (unpaired) electrons. The van der Waals surface area contributed by atoms with Crippen LogP contribution < -0.4 is 9.80 Å². The number of amides is 2. The van der Waals surface area contributed by atoms with Gasteiger partial charge in [-0.15, -0.1) is 22.7 Å². The first kappa shape index (κ1) is 24.4. The molecule has 3 aliphatic heterocycles. The standard InChI is InChI=1S/C24H31N5O4S2/c1-14-18(25-22(34-14)27-6-10-32-11-7-27)16-17(21(31)29(20(16)30)24(3,4)5)19-15(2)35-23(26-19)28-8-12-33-13-9-28/h6-13H2,1-5H3. The quantitative estimate of drug-likeness (QED) is 0.572. The SMILES string of the molecule is Cc1sc(N2CCOCC2)nc1C1=C(c2nc(N3CCOCC3)sc2C)C(=O)N(C(C)(C)C)C1=O. The highest BCUT2D eigenvalue weighted by molar-refractivity contribution is 7.16. The second kappa shape index (κ2) is 9.27. The number of carbonyl (C=O) groups is 2. The second-order valence-corrected chi connectivity index (χ2v) is 12.2. The fourth-order valence-electron chi connectivity index (χ4n) is 4.59. The zero-order valence-electron chi connectivity index (χ0n) is 20.8. The Morgan fingerprint density at radius 3 is 1.43 bits per heavy atom. The number of anilines is 2. The number of aromatic nitrogens is 2. The Morgan fingerprint density at radius 1 is 0.714 bits per heavy atom. The Balaban J connectivity index is 1.63. The lowest BCUT2D eigenvalue weighted by Crippen LogP contribution is -2.46. The number of nitrogens with zero attached hydrogens (tertiary/aromatic N) is 5. The molecule has 188 valence electrons. The minimum absolute atomic E-state index is 0.306. The predicted octanol–water partition coefficient (Wildman–Crippen LogP) is 2.97. The van der Waals surface area contributed by atoms with Crippen molar-refractivity contribution in [2.45, 2.75) is 40.2 Å². The first-order valence-electron chi connectivity index (χ1n) is 11.9. The van der Waals surface area contributed by atoms with E-state index in [4.69, 9.17) is 19.4 Å². The fraction of sp³-hybridized carbons (Fsp3) is 0.583. The van der Waals surface area contributed by atoms with Crippen LogP contribution in [0.25, 0.3) is 11.1 Å². The van der Waals surface area contributed by atoms with Gasteiger partial charge in [0.1, 0.15) is 0 Å². The van der Waals surface area contributed by atoms with Gasteiger partial charge in [0.15, 0.2) is 10.3 Å². The van der Waals surface area contributed by atoms with E-state index in [2.05, 4.69) is 9.80 Å². The van der Waals surface area contributed by atoms with Gasteiger partial charge in [-0.1, -0.05) is 0 Å². The van der Waals surface area contributed by atoms with E-state index in [1.807, 2.05) is 34.6 Å². The number of hydrogen-bond acceptors (Lipinski definition) is 10. The van der Waals surface area contributed by atoms with Crippen LogP contribution in [0.15, 0.2) is 0 Å². The van der Waals surface area contributed by atoms with Gasteiger partial charge >= 0.3 is 0 Å². The lowest BCUT2D eigenvalue weighted by molar-refractivity contribution is -0.141. The molecule has 35 heavy (non-hydrogen) atoms. The van der Waals surface area contributed by atoms with E-state index in [1.165, 1.54) is 4.90 Å². The van der Waals surface area contributed by atoms with E-state index in [0.717, 1.165) is 46.2 Å². The van der Waals surface area contributed by atoms with Crippen molar-refractivity contribution in [2.75, 3.05) is 62.4 Å². The van der Waals surface area contributed by atoms with Crippen LogP contribution in [0, 0.1) is 13.8 Å². The van der Waals surface area contributed by atoms with Gasteiger partial charge in [-0.05, 0) is 34.6 Å². The summed E-state index contributed by atoms with van der Waals surface area (Å²) in [6.07, 6.45) is 0. The topological polar surface area (TPSA) is 88.1 Å². The molecule has 3 aliphatic rings. The Morgan fingerprint density at radius 2 is 1.09 bits per heavy atom. The number of ether oxygens (including phenoxy) is 2. The van der Waals surface area contributed by atoms with Crippen molar-refractivity contribution in [1.29, 1.82) is 0 Å². The number of morpholine rings is 2. The molecular weight excluding hydrogens is 486 g/mol. The van der Waals surface area contributed by atoms with Crippen molar-refractivity contribution in [3.05, 3.63) is 21.1 Å². The van der Waals surface area contributed by atoms with Crippen LogP contribution in [0.5, 0.6) is 0 Å². The van der Waals surface area contributed by atoms with Crippen molar-refractivity contribution in [3.63, 3.8) is 0 Å². The zero-order chi connectivity index (χ0) is 24.9. The summed E-state index contributed by atoms with van der Waals surface area (Å²) in [4.78, 5) is 45.0. The van der Waals surface area contributed by atoms with Gasteiger partial charge in [0.2, 0.25) is 0 Å². The van der Waals surface area contributed by atoms with Crippen LogP contribution in [-0.2, 0) is 19.1 Å². The number of thiazole rings is 2. The second-order valence-electron chi connectivity index (χ2n) is 9.87. The Labute approximate surface area is 213 Å². The average molecular weight is 518 g/mol. The lowest BCUT2D eigenvalue weighted by atomic mass is 10.0. The molecule has 5 heterocycles. The molecule has 0 N–H and O–H groups in total. The van der Waals surface area contributed by atoms with Crippen LogP contribution in [-0.4, -0.2) is 84.8 Å². The number of aryl methyl sites for hydroxylation is 2. The molecule has 0 unspecified atom stereocenters. The molecule has 2 saturated heterocycles. The summed E-state index contributed by atoms with van der Waals surface area (Å²) < 4.78 is 11.0. The molecule has 2 fully saturated rings. The molecule has 2 amide bonds. The zero-order valence-corrected chi connectivity index (χ0v) is 22.5. The molecule has 0 aromatic carbocycles. The average Bonchev–Trinajstić information content (AvgIpc) is 3.47. The van der Waals surface area contributed by atoms with Crippen molar-refractivity contribution in [1.82, 2.24) is 14.9 Å². The maximum absolute atomic E-state index is 13.8. The van der Waals surface area contributed by atoms with Gasteiger partial charge in [-0.25, -0.2) is 9.97 Å². The highest BCUT2D eigenvalue weighted by Gasteiger charge is 2.47. The molecule has 5 rings (SSSR count). The van der Waals surface area contributed by atoms with Gasteiger partial charge < -0.3 is 19.3 Å². The number of rotatable bonds is 4. The predicted molar refractivity (Wildman–Crippen MR) is 138 cm³/mol. The molecule has 2 aromatic rings. The normalized spacial score (nSPS) is 20.0. The van der Waals surface area contributed by atoms with Crippen molar-refractivity contribution in [2.24, 2.45) is 0 Å². The number of carbonyl (C=O) groups excluding carboxylic acids is 2. The number of hydrogen-bond donors (Lipinski definition) is 0. The monoisotopic (exact) mass is 517 g/mol. The van der Waals surface area contributed by atoms with E-state index in [9.17, 15) is 9.59 Å². The third-order valence-corrected chi connectivity index (χ3v) is 8.43. The minimum Gasteiger partial charge on any atom is -0.378 e. The Kier molecular flexibility index (Phi) is 6.45. The summed E-state index contributed by atoms with van der Waals surface area (Å²) in [5, 5.41) is 1.71. The van der Waals surface area contributed by atoms with Gasteiger partial charge in [-0.2, -0.15) is 0 Å². The van der Waals surface area contributed by atoms with E-state index >= 15 is 0 Å². The molecule has 9 nitrogen and oxygen atoms in total. The van der Waals surface area contributed by atoms with E-state index in [1.54, 1.807) is 22.7 Å². The minimum atomic E-state index is -0.672. The summed E-state index contributed by atoms with van der Waals surface area (Å²) in [6.45, 7) is 15.2. The Hall–Kier alpha value is -2.34. The van der Waals surface area contributed by atoms with Gasteiger partial charge in [-0.3, -0.25) is 14.5 Å². The Bertz CT molecular complexity index is 1100. The molecule has 0 spiro atoms. The summed E-state index contributed by atoms with van der Waals surface area (Å²) in [5.74, 6) is -0.612. The van der Waals surface area contributed by atoms with E-state index < -0.39 is 5.54 Å². The smallest absolute Gasteiger partial charge is 0.264 e. The van der Waals surface area contributed by atoms with Crippen LogP contribution in [0.4, 0.5) is 10.3 Å². The molecule has 2 aromatic heterocycles. The van der Waals surface area contributed by atoms with Crippen LogP contribution >= 0.6 is 22.7 Å². The molecule has 0 aliphatic carbocycles. The van der Waals surface area contributed by atoms with Crippen LogP contribution in [0.1, 0.15) is 41.9 Å². The maximum atomic E-state index is 13.8. The summed E-state index contributed by atoms with van der Waals surface area (Å²) in [6, 6.07) is 0. The molecular formula is C24H31N5O4S2. The summed E-state index contributed by atoms with van der Waals surface area (Å²) in [7, 11) is 0.